The lowest BCUT2D eigenvalue weighted by Crippen LogP contribution is -2.62. The first kappa shape index (κ1) is 17.4. The summed E-state index contributed by atoms with van der Waals surface area (Å²) in [6.07, 6.45) is 4.38. The van der Waals surface area contributed by atoms with Crippen LogP contribution in [0.5, 0.6) is 23.5 Å². The molecule has 0 saturated heterocycles. The number of anilines is 3. The lowest BCUT2D eigenvalue weighted by atomic mass is 9.35. The summed E-state index contributed by atoms with van der Waals surface area (Å²) in [5.41, 5.74) is 4.62. The Morgan fingerprint density at radius 2 is 1.20 bits per heavy atom. The lowest BCUT2D eigenvalue weighted by Gasteiger charge is -2.38. The van der Waals surface area contributed by atoms with Gasteiger partial charge < -0.3 is 13.9 Å². The van der Waals surface area contributed by atoms with Gasteiger partial charge in [0.1, 0.15) is 36.2 Å². The van der Waals surface area contributed by atoms with E-state index in [-0.39, 0.29) is 6.71 Å². The number of para-hydroxylation sites is 2. The van der Waals surface area contributed by atoms with Crippen molar-refractivity contribution < 1.29 is 13.9 Å². The van der Waals surface area contributed by atoms with Crippen LogP contribution in [0.1, 0.15) is 0 Å². The van der Waals surface area contributed by atoms with Gasteiger partial charge >= 0.3 is 0 Å². The fourth-order valence-electron chi connectivity index (χ4n) is 5.39. The van der Waals surface area contributed by atoms with E-state index in [1.165, 1.54) is 19.0 Å². The first-order valence-electron chi connectivity index (χ1n) is 11.0. The Labute approximate surface area is 196 Å². The Kier molecular flexibility index (Phi) is 2.93. The van der Waals surface area contributed by atoms with E-state index >= 15 is 0 Å². The van der Waals surface area contributed by atoms with Crippen molar-refractivity contribution in [2.24, 2.45) is 0 Å². The number of furan rings is 1. The summed E-state index contributed by atoms with van der Waals surface area (Å²) in [6, 6.07) is 14.0. The molecule has 0 spiro atoms. The molecule has 4 aromatic heterocycles. The molecule has 6 aromatic rings. The Morgan fingerprint density at radius 1 is 0.600 bits per heavy atom. The van der Waals surface area contributed by atoms with E-state index in [4.69, 9.17) is 23.9 Å². The number of aromatic nitrogens is 6. The summed E-state index contributed by atoms with van der Waals surface area (Å²) in [5.74, 6) is 2.97. The number of hydrogen-bond acceptors (Lipinski definition) is 10. The summed E-state index contributed by atoms with van der Waals surface area (Å²) < 4.78 is 18.5. The fraction of sp³-hybridized carbons (Fsp3) is 0. The molecule has 0 atom stereocenters. The van der Waals surface area contributed by atoms with Gasteiger partial charge in [-0.2, -0.15) is 0 Å². The highest BCUT2D eigenvalue weighted by Crippen LogP contribution is 2.44. The maximum Gasteiger partial charge on any atom is 0.279 e. The van der Waals surface area contributed by atoms with Crippen LogP contribution < -0.4 is 30.8 Å². The summed E-state index contributed by atoms with van der Waals surface area (Å²) in [6.45, 7) is -0.313. The quantitative estimate of drug-likeness (QED) is 0.342. The maximum atomic E-state index is 6.35. The van der Waals surface area contributed by atoms with Gasteiger partial charge in [0.2, 0.25) is 23.5 Å². The Hall–Kier alpha value is -5.06. The van der Waals surface area contributed by atoms with E-state index in [0.29, 0.717) is 35.2 Å². The first-order valence-corrected chi connectivity index (χ1v) is 11.0. The summed E-state index contributed by atoms with van der Waals surface area (Å²) >= 11 is 0. The predicted molar refractivity (Wildman–Crippen MR) is 126 cm³/mol. The molecule has 162 valence electrons. The molecular weight excluding hydrogens is 445 g/mol. The zero-order chi connectivity index (χ0) is 22.7. The minimum Gasteiger partial charge on any atom is -0.454 e. The number of ether oxygens (including phenoxy) is 2. The molecule has 10 nitrogen and oxygen atoms in total. The maximum absolute atomic E-state index is 6.35. The molecule has 0 fully saturated rings. The van der Waals surface area contributed by atoms with Gasteiger partial charge in [0.25, 0.3) is 6.71 Å². The summed E-state index contributed by atoms with van der Waals surface area (Å²) in [5, 5.41) is 2.04. The highest BCUT2D eigenvalue weighted by Gasteiger charge is 2.51. The number of benzene rings is 2. The van der Waals surface area contributed by atoms with Crippen LogP contribution in [-0.4, -0.2) is 36.6 Å². The van der Waals surface area contributed by atoms with E-state index in [1.807, 2.05) is 41.3 Å². The van der Waals surface area contributed by atoms with Gasteiger partial charge in [0, 0.05) is 21.7 Å². The molecular formula is C24H10BN7O3. The summed E-state index contributed by atoms with van der Waals surface area (Å²) in [4.78, 5) is 28.9. The molecule has 0 amide bonds. The molecule has 7 heterocycles. The average molecular weight is 455 g/mol. The zero-order valence-electron chi connectivity index (χ0n) is 17.7. The number of hydrogen-bond donors (Lipinski definition) is 0. The molecule has 11 heteroatoms. The van der Waals surface area contributed by atoms with Crippen molar-refractivity contribution in [1.82, 2.24) is 29.9 Å². The van der Waals surface area contributed by atoms with Crippen molar-refractivity contribution in [3.8, 4) is 23.5 Å². The van der Waals surface area contributed by atoms with Crippen LogP contribution >= 0.6 is 0 Å². The van der Waals surface area contributed by atoms with Crippen molar-refractivity contribution in [2.75, 3.05) is 4.90 Å². The monoisotopic (exact) mass is 455 g/mol. The van der Waals surface area contributed by atoms with Gasteiger partial charge in [-0.25, -0.2) is 29.9 Å². The minimum atomic E-state index is -0.313. The van der Waals surface area contributed by atoms with Crippen molar-refractivity contribution in [3.05, 3.63) is 61.4 Å². The van der Waals surface area contributed by atoms with Crippen molar-refractivity contribution in [3.63, 3.8) is 0 Å². The van der Waals surface area contributed by atoms with Gasteiger partial charge in [0.05, 0.1) is 11.2 Å². The van der Waals surface area contributed by atoms with Crippen molar-refractivity contribution in [2.45, 2.75) is 0 Å². The topological polar surface area (TPSA) is 112 Å². The zero-order valence-corrected chi connectivity index (χ0v) is 17.7. The number of nitrogens with zero attached hydrogens (tertiary/aromatic N) is 7. The van der Waals surface area contributed by atoms with Crippen molar-refractivity contribution >= 4 is 62.4 Å². The molecule has 0 bridgehead atoms. The Bertz CT molecular complexity index is 1830. The van der Waals surface area contributed by atoms with Crippen LogP contribution in [0.15, 0.2) is 65.9 Å². The average Bonchev–Trinajstić information content (AvgIpc) is 3.28. The lowest BCUT2D eigenvalue weighted by molar-refractivity contribution is 0.420. The van der Waals surface area contributed by atoms with Gasteiger partial charge in [-0.3, -0.25) is 4.90 Å². The predicted octanol–water partition coefficient (Wildman–Crippen LogP) is 2.47. The molecule has 0 aliphatic carbocycles. The van der Waals surface area contributed by atoms with E-state index in [2.05, 4.69) is 26.0 Å². The van der Waals surface area contributed by atoms with Crippen LogP contribution in [0.25, 0.3) is 21.9 Å². The SMILES string of the molecule is c1ccc2c(c1)oc1c(N3c4ncnc5c4B4c6c(ncnc6Oc6ncnc3c64)O5)cccc12. The second-order valence-corrected chi connectivity index (χ2v) is 8.45. The minimum absolute atomic E-state index is 0.313. The second-order valence-electron chi connectivity index (χ2n) is 8.45. The number of fused-ring (bicyclic) bond motifs is 3. The fourth-order valence-corrected chi connectivity index (χ4v) is 5.39. The molecule has 0 N–H and O–H groups in total. The van der Waals surface area contributed by atoms with Crippen LogP contribution in [0.4, 0.5) is 17.3 Å². The molecule has 3 aliphatic rings. The normalized spacial score (nSPS) is 14.1. The van der Waals surface area contributed by atoms with Gasteiger partial charge in [0.15, 0.2) is 5.58 Å². The molecule has 3 aliphatic heterocycles. The van der Waals surface area contributed by atoms with E-state index in [1.54, 1.807) is 0 Å². The highest BCUT2D eigenvalue weighted by molar-refractivity contribution is 7.00. The number of rotatable bonds is 1. The van der Waals surface area contributed by atoms with Crippen LogP contribution in [-0.2, 0) is 0 Å². The molecule has 0 unspecified atom stereocenters. The summed E-state index contributed by atoms with van der Waals surface area (Å²) in [7, 11) is 0. The third-order valence-electron chi connectivity index (χ3n) is 6.76. The van der Waals surface area contributed by atoms with Crippen LogP contribution in [0.2, 0.25) is 0 Å². The smallest absolute Gasteiger partial charge is 0.279 e. The first-order chi connectivity index (χ1) is 17.4. The molecule has 9 rings (SSSR count). The third-order valence-corrected chi connectivity index (χ3v) is 6.76. The molecule has 2 aromatic carbocycles. The third kappa shape index (κ3) is 2.02. The van der Waals surface area contributed by atoms with Crippen molar-refractivity contribution in [1.29, 1.82) is 0 Å². The Balaban J connectivity index is 1.41. The van der Waals surface area contributed by atoms with E-state index < -0.39 is 0 Å². The van der Waals surface area contributed by atoms with Gasteiger partial charge in [-0.1, -0.05) is 30.3 Å². The van der Waals surface area contributed by atoms with E-state index in [0.717, 1.165) is 44.0 Å². The van der Waals surface area contributed by atoms with Crippen LogP contribution in [0.3, 0.4) is 0 Å². The Morgan fingerprint density at radius 3 is 1.91 bits per heavy atom. The molecule has 0 radical (unpaired) electrons. The van der Waals surface area contributed by atoms with Gasteiger partial charge in [-0.15, -0.1) is 0 Å². The molecule has 0 saturated carbocycles. The second kappa shape index (κ2) is 5.89. The van der Waals surface area contributed by atoms with Crippen LogP contribution in [0, 0.1) is 0 Å². The van der Waals surface area contributed by atoms with Gasteiger partial charge in [-0.05, 0) is 12.1 Å². The molecule has 35 heavy (non-hydrogen) atoms. The standard InChI is InChI=1S/C24H10BN7O3/c1-2-7-14-11(4-1)12-5-3-6-13(18(12)33-14)32-19-15-21(28-8-26-19)34-23-17-24(31-10-30-23)35-22-16(25(15)17)20(32)27-9-29-22/h1-10H. The largest absolute Gasteiger partial charge is 0.454 e. The van der Waals surface area contributed by atoms with E-state index in [9.17, 15) is 0 Å². The highest BCUT2D eigenvalue weighted by atomic mass is 16.5.